The lowest BCUT2D eigenvalue weighted by molar-refractivity contribution is -0.169. The zero-order chi connectivity index (χ0) is 11.7. The highest BCUT2D eigenvalue weighted by molar-refractivity contribution is 5.76. The number of aliphatic hydroxyl groups is 1. The average molecular weight is 218 g/mol. The van der Waals surface area contributed by atoms with Gasteiger partial charge in [0.05, 0.1) is 6.61 Å². The van der Waals surface area contributed by atoms with Gasteiger partial charge in [-0.1, -0.05) is 13.8 Å². The second-order valence-corrected chi connectivity index (χ2v) is 4.78. The van der Waals surface area contributed by atoms with Crippen LogP contribution in [0, 0.1) is 5.41 Å². The van der Waals surface area contributed by atoms with Crippen LogP contribution < -0.4 is 0 Å². The Hall–Kier alpha value is -0.640. The minimum absolute atomic E-state index is 0.135. The molecule has 0 aliphatic heterocycles. The van der Waals surface area contributed by atoms with Crippen LogP contribution in [0.2, 0.25) is 0 Å². The smallest absolute Gasteiger partial charge is 0.343 e. The first-order chi connectivity index (χ1) is 6.85. The summed E-state index contributed by atoms with van der Waals surface area (Å²) >= 11 is 0. The summed E-state index contributed by atoms with van der Waals surface area (Å²) in [5.41, 5.74) is -2.14. The SMILES string of the molecule is CCOC(=O)C(F)C1(O)CCCC1(C)C. The van der Waals surface area contributed by atoms with E-state index in [0.29, 0.717) is 6.42 Å². The lowest BCUT2D eigenvalue weighted by Crippen LogP contribution is -2.52. The van der Waals surface area contributed by atoms with Crippen molar-refractivity contribution in [2.45, 2.75) is 51.8 Å². The summed E-state index contributed by atoms with van der Waals surface area (Å²) in [4.78, 5) is 11.3. The highest BCUT2D eigenvalue weighted by Crippen LogP contribution is 2.48. The molecule has 0 amide bonds. The van der Waals surface area contributed by atoms with Crippen LogP contribution in [-0.2, 0) is 9.53 Å². The maximum Gasteiger partial charge on any atom is 0.343 e. The van der Waals surface area contributed by atoms with Gasteiger partial charge in [0.1, 0.15) is 5.60 Å². The van der Waals surface area contributed by atoms with Gasteiger partial charge in [-0.2, -0.15) is 0 Å². The topological polar surface area (TPSA) is 46.5 Å². The van der Waals surface area contributed by atoms with E-state index in [-0.39, 0.29) is 6.61 Å². The van der Waals surface area contributed by atoms with E-state index in [1.807, 2.05) is 0 Å². The number of hydrogen-bond donors (Lipinski definition) is 1. The fraction of sp³-hybridized carbons (Fsp3) is 0.909. The Bertz CT molecular complexity index is 252. The number of halogens is 1. The Balaban J connectivity index is 2.81. The molecule has 0 saturated heterocycles. The molecule has 88 valence electrons. The Kier molecular flexibility index (Phi) is 3.38. The Morgan fingerprint density at radius 1 is 1.53 bits per heavy atom. The van der Waals surface area contributed by atoms with Crippen molar-refractivity contribution in [3.8, 4) is 0 Å². The van der Waals surface area contributed by atoms with Gasteiger partial charge in [0.15, 0.2) is 0 Å². The van der Waals surface area contributed by atoms with E-state index in [4.69, 9.17) is 0 Å². The monoisotopic (exact) mass is 218 g/mol. The van der Waals surface area contributed by atoms with E-state index >= 15 is 0 Å². The number of alkyl halides is 1. The Labute approximate surface area is 89.6 Å². The van der Waals surface area contributed by atoms with Crippen molar-refractivity contribution in [1.29, 1.82) is 0 Å². The Morgan fingerprint density at radius 3 is 2.53 bits per heavy atom. The van der Waals surface area contributed by atoms with Crippen molar-refractivity contribution in [2.75, 3.05) is 6.61 Å². The predicted molar refractivity (Wildman–Crippen MR) is 54.1 cm³/mol. The second-order valence-electron chi connectivity index (χ2n) is 4.78. The summed E-state index contributed by atoms with van der Waals surface area (Å²) in [5.74, 6) is -0.949. The van der Waals surface area contributed by atoms with Crippen molar-refractivity contribution in [3.63, 3.8) is 0 Å². The van der Waals surface area contributed by atoms with Gasteiger partial charge < -0.3 is 9.84 Å². The van der Waals surface area contributed by atoms with Crippen molar-refractivity contribution in [2.24, 2.45) is 5.41 Å². The highest BCUT2D eigenvalue weighted by atomic mass is 19.1. The maximum absolute atomic E-state index is 13.8. The third-order valence-corrected chi connectivity index (χ3v) is 3.44. The molecular weight excluding hydrogens is 199 g/mol. The summed E-state index contributed by atoms with van der Waals surface area (Å²) in [6, 6.07) is 0. The quantitative estimate of drug-likeness (QED) is 0.735. The molecular formula is C11H19FO3. The zero-order valence-corrected chi connectivity index (χ0v) is 9.55. The molecule has 2 unspecified atom stereocenters. The number of ether oxygens (including phenoxy) is 1. The first-order valence-electron chi connectivity index (χ1n) is 5.38. The summed E-state index contributed by atoms with van der Waals surface area (Å²) in [6.07, 6.45) is -0.151. The molecule has 15 heavy (non-hydrogen) atoms. The van der Waals surface area contributed by atoms with E-state index in [0.717, 1.165) is 12.8 Å². The molecule has 1 saturated carbocycles. The van der Waals surface area contributed by atoms with Gasteiger partial charge in [-0.25, -0.2) is 9.18 Å². The van der Waals surface area contributed by atoms with Crippen LogP contribution >= 0.6 is 0 Å². The number of rotatable bonds is 3. The first kappa shape index (κ1) is 12.4. The van der Waals surface area contributed by atoms with Crippen LogP contribution in [0.3, 0.4) is 0 Å². The number of carbonyl (C=O) groups is 1. The molecule has 1 fully saturated rings. The number of carbonyl (C=O) groups excluding carboxylic acids is 1. The Morgan fingerprint density at radius 2 is 2.13 bits per heavy atom. The minimum Gasteiger partial charge on any atom is -0.464 e. The van der Waals surface area contributed by atoms with Gasteiger partial charge in [0, 0.05) is 0 Å². The van der Waals surface area contributed by atoms with Crippen molar-refractivity contribution in [3.05, 3.63) is 0 Å². The molecule has 0 spiro atoms. The largest absolute Gasteiger partial charge is 0.464 e. The molecule has 0 aromatic carbocycles. The molecule has 1 rings (SSSR count). The number of hydrogen-bond acceptors (Lipinski definition) is 3. The average Bonchev–Trinajstić information content (AvgIpc) is 2.42. The standard InChI is InChI=1S/C11H19FO3/c1-4-15-9(13)8(12)11(14)7-5-6-10(11,2)3/h8,14H,4-7H2,1-3H3. The van der Waals surface area contributed by atoms with Crippen molar-refractivity contribution in [1.82, 2.24) is 0 Å². The summed E-state index contributed by atoms with van der Waals surface area (Å²) in [7, 11) is 0. The first-order valence-corrected chi connectivity index (χ1v) is 5.38. The molecule has 0 aromatic rings. The minimum atomic E-state index is -1.94. The van der Waals surface area contributed by atoms with Gasteiger partial charge in [0.25, 0.3) is 0 Å². The lowest BCUT2D eigenvalue weighted by Gasteiger charge is -2.37. The molecule has 0 aromatic heterocycles. The van der Waals surface area contributed by atoms with Crippen LogP contribution in [0.25, 0.3) is 0 Å². The van der Waals surface area contributed by atoms with Gasteiger partial charge in [-0.15, -0.1) is 0 Å². The van der Waals surface area contributed by atoms with E-state index in [1.54, 1.807) is 20.8 Å². The highest BCUT2D eigenvalue weighted by Gasteiger charge is 2.56. The molecule has 3 nitrogen and oxygen atoms in total. The van der Waals surface area contributed by atoms with Crippen LogP contribution in [0.15, 0.2) is 0 Å². The lowest BCUT2D eigenvalue weighted by atomic mass is 9.75. The molecule has 1 aliphatic rings. The molecule has 1 N–H and O–H groups in total. The van der Waals surface area contributed by atoms with Crippen LogP contribution in [0.4, 0.5) is 4.39 Å². The maximum atomic E-state index is 13.8. The number of esters is 1. The van der Waals surface area contributed by atoms with E-state index in [9.17, 15) is 14.3 Å². The van der Waals surface area contributed by atoms with Crippen LogP contribution in [-0.4, -0.2) is 29.5 Å². The molecule has 1 aliphatic carbocycles. The third-order valence-electron chi connectivity index (χ3n) is 3.44. The molecule has 4 heteroatoms. The normalized spacial score (nSPS) is 31.3. The van der Waals surface area contributed by atoms with Gasteiger partial charge in [-0.3, -0.25) is 0 Å². The summed E-state index contributed by atoms with van der Waals surface area (Å²) in [5, 5.41) is 10.2. The van der Waals surface area contributed by atoms with Gasteiger partial charge >= 0.3 is 5.97 Å². The zero-order valence-electron chi connectivity index (χ0n) is 9.55. The molecule has 0 bridgehead atoms. The molecule has 2 atom stereocenters. The van der Waals surface area contributed by atoms with Gasteiger partial charge in [0.2, 0.25) is 6.17 Å². The van der Waals surface area contributed by atoms with E-state index < -0.39 is 23.2 Å². The second kappa shape index (κ2) is 4.08. The van der Waals surface area contributed by atoms with Gasteiger partial charge in [-0.05, 0) is 31.6 Å². The third kappa shape index (κ3) is 2.00. The fourth-order valence-electron chi connectivity index (χ4n) is 2.23. The van der Waals surface area contributed by atoms with Crippen LogP contribution in [0.5, 0.6) is 0 Å². The summed E-state index contributed by atoms with van der Waals surface area (Å²) in [6.45, 7) is 5.32. The molecule has 0 radical (unpaired) electrons. The predicted octanol–water partition coefficient (Wildman–Crippen LogP) is 1.83. The van der Waals surface area contributed by atoms with E-state index in [2.05, 4.69) is 4.74 Å². The summed E-state index contributed by atoms with van der Waals surface area (Å²) < 4.78 is 18.4. The molecule has 0 heterocycles. The fourth-order valence-corrected chi connectivity index (χ4v) is 2.23. The van der Waals surface area contributed by atoms with Crippen molar-refractivity contribution < 1.29 is 19.0 Å². The van der Waals surface area contributed by atoms with E-state index in [1.165, 1.54) is 0 Å². The van der Waals surface area contributed by atoms with Crippen molar-refractivity contribution >= 4 is 5.97 Å². The van der Waals surface area contributed by atoms with Crippen LogP contribution in [0.1, 0.15) is 40.0 Å².